The molecule has 0 aromatic heterocycles. The fourth-order valence-electron chi connectivity index (χ4n) is 2.22. The van der Waals surface area contributed by atoms with Crippen molar-refractivity contribution in [1.82, 2.24) is 5.32 Å². The first-order valence-corrected chi connectivity index (χ1v) is 7.04. The van der Waals surface area contributed by atoms with Crippen molar-refractivity contribution in [3.05, 3.63) is 0 Å². The molecule has 2 unspecified atom stereocenters. The molecule has 2 N–H and O–H groups in total. The van der Waals surface area contributed by atoms with E-state index in [-0.39, 0.29) is 24.7 Å². The molecule has 19 heavy (non-hydrogen) atoms. The average molecular weight is 271 g/mol. The van der Waals surface area contributed by atoms with Gasteiger partial charge in [-0.25, -0.2) is 0 Å². The number of hydrogen-bond donors (Lipinski definition) is 2. The zero-order valence-electron chi connectivity index (χ0n) is 12.0. The van der Waals surface area contributed by atoms with Gasteiger partial charge in [0.05, 0.1) is 12.0 Å². The second kappa shape index (κ2) is 7.48. The van der Waals surface area contributed by atoms with E-state index in [0.29, 0.717) is 0 Å². The van der Waals surface area contributed by atoms with Crippen LogP contribution in [-0.4, -0.2) is 35.7 Å². The van der Waals surface area contributed by atoms with Crippen LogP contribution in [0.3, 0.4) is 0 Å². The maximum Gasteiger partial charge on any atom is 0.308 e. The number of amides is 1. The molecule has 5 heteroatoms. The van der Waals surface area contributed by atoms with Gasteiger partial charge in [0.1, 0.15) is 6.61 Å². The lowest BCUT2D eigenvalue weighted by molar-refractivity contribution is -0.142. The van der Waals surface area contributed by atoms with Crippen molar-refractivity contribution in [1.29, 1.82) is 0 Å². The summed E-state index contributed by atoms with van der Waals surface area (Å²) in [5, 5.41) is 11.5. The predicted molar refractivity (Wildman–Crippen MR) is 71.8 cm³/mol. The van der Waals surface area contributed by atoms with Crippen molar-refractivity contribution >= 4 is 11.9 Å². The fraction of sp³-hybridized carbons (Fsp3) is 0.857. The summed E-state index contributed by atoms with van der Waals surface area (Å²) < 4.78 is 5.57. The lowest BCUT2D eigenvalue weighted by Crippen LogP contribution is -2.42. The highest BCUT2D eigenvalue weighted by molar-refractivity contribution is 5.78. The summed E-state index contributed by atoms with van der Waals surface area (Å²) in [5.74, 6) is -0.987. The predicted octanol–water partition coefficient (Wildman–Crippen LogP) is 1.81. The minimum atomic E-state index is -0.907. The van der Waals surface area contributed by atoms with Gasteiger partial charge < -0.3 is 15.2 Å². The molecule has 1 aliphatic rings. The Morgan fingerprint density at radius 1 is 1.26 bits per heavy atom. The van der Waals surface area contributed by atoms with Crippen LogP contribution in [0.5, 0.6) is 0 Å². The van der Waals surface area contributed by atoms with E-state index in [1.807, 2.05) is 0 Å². The number of rotatable bonds is 6. The molecule has 2 atom stereocenters. The molecule has 110 valence electrons. The first kappa shape index (κ1) is 16.0. The van der Waals surface area contributed by atoms with E-state index < -0.39 is 11.9 Å². The van der Waals surface area contributed by atoms with E-state index in [1.165, 1.54) is 0 Å². The molecule has 1 aliphatic carbocycles. The highest BCUT2D eigenvalue weighted by atomic mass is 16.5. The molecule has 0 saturated heterocycles. The zero-order chi connectivity index (χ0) is 14.4. The summed E-state index contributed by atoms with van der Waals surface area (Å²) >= 11 is 0. The molecule has 1 fully saturated rings. The molecule has 0 heterocycles. The molecular formula is C14H25NO4. The number of carbonyl (C=O) groups is 2. The standard InChI is InChI=1S/C14H25NO4/c1-9-4-6-12(7-5-9)19-8-13(16)15-11(3)10(2)14(17)18/h9-12H,4-8H2,1-3H3,(H,15,16)(H,17,18). The minimum absolute atomic E-state index is 0.0235. The van der Waals surface area contributed by atoms with Crippen LogP contribution in [0.2, 0.25) is 0 Å². The Morgan fingerprint density at radius 3 is 2.37 bits per heavy atom. The third-order valence-corrected chi connectivity index (χ3v) is 3.94. The van der Waals surface area contributed by atoms with Crippen molar-refractivity contribution in [2.45, 2.75) is 58.6 Å². The molecule has 1 amide bonds. The van der Waals surface area contributed by atoms with Gasteiger partial charge in [-0.1, -0.05) is 6.92 Å². The number of aliphatic carboxylic acids is 1. The highest BCUT2D eigenvalue weighted by Gasteiger charge is 2.22. The van der Waals surface area contributed by atoms with Crippen molar-refractivity contribution in [3.63, 3.8) is 0 Å². The number of nitrogens with one attached hydrogen (secondary N) is 1. The summed E-state index contributed by atoms with van der Waals surface area (Å²) in [6, 6.07) is -0.389. The number of carbonyl (C=O) groups excluding carboxylic acids is 1. The van der Waals surface area contributed by atoms with Gasteiger partial charge in [0.2, 0.25) is 5.91 Å². The van der Waals surface area contributed by atoms with E-state index in [2.05, 4.69) is 12.2 Å². The Labute approximate surface area is 114 Å². The van der Waals surface area contributed by atoms with Crippen LogP contribution in [0.4, 0.5) is 0 Å². The topological polar surface area (TPSA) is 75.6 Å². The summed E-state index contributed by atoms with van der Waals surface area (Å²) in [6.07, 6.45) is 4.50. The maximum atomic E-state index is 11.7. The van der Waals surface area contributed by atoms with Gasteiger partial charge in [-0.05, 0) is 45.4 Å². The SMILES string of the molecule is CC1CCC(OCC(=O)NC(C)C(C)C(=O)O)CC1. The van der Waals surface area contributed by atoms with Gasteiger partial charge in [-0.15, -0.1) is 0 Å². The molecule has 5 nitrogen and oxygen atoms in total. The van der Waals surface area contributed by atoms with E-state index in [1.54, 1.807) is 13.8 Å². The lowest BCUT2D eigenvalue weighted by atomic mass is 9.89. The molecule has 1 rings (SSSR count). The Balaban J connectivity index is 2.22. The molecule has 0 aliphatic heterocycles. The van der Waals surface area contributed by atoms with Gasteiger partial charge in [0.15, 0.2) is 0 Å². The largest absolute Gasteiger partial charge is 0.481 e. The van der Waals surface area contributed by atoms with Crippen LogP contribution in [0.1, 0.15) is 46.5 Å². The van der Waals surface area contributed by atoms with Gasteiger partial charge in [-0.2, -0.15) is 0 Å². The first-order valence-electron chi connectivity index (χ1n) is 7.04. The van der Waals surface area contributed by atoms with Crippen molar-refractivity contribution < 1.29 is 19.4 Å². The molecule has 0 bridgehead atoms. The monoisotopic (exact) mass is 271 g/mol. The zero-order valence-corrected chi connectivity index (χ0v) is 12.0. The van der Waals surface area contributed by atoms with Crippen LogP contribution >= 0.6 is 0 Å². The van der Waals surface area contributed by atoms with E-state index >= 15 is 0 Å². The molecular weight excluding hydrogens is 246 g/mol. The molecule has 0 aromatic carbocycles. The number of hydrogen-bond acceptors (Lipinski definition) is 3. The van der Waals surface area contributed by atoms with Crippen LogP contribution in [-0.2, 0) is 14.3 Å². The summed E-state index contributed by atoms with van der Waals surface area (Å²) in [5.41, 5.74) is 0. The minimum Gasteiger partial charge on any atom is -0.481 e. The molecule has 0 radical (unpaired) electrons. The van der Waals surface area contributed by atoms with Gasteiger partial charge in [0, 0.05) is 6.04 Å². The Kier molecular flexibility index (Phi) is 6.28. The third kappa shape index (κ3) is 5.59. The molecule has 0 aromatic rings. The van der Waals surface area contributed by atoms with Crippen LogP contribution in [0.15, 0.2) is 0 Å². The Bertz CT molecular complexity index is 311. The maximum absolute atomic E-state index is 11.7. The molecule has 1 saturated carbocycles. The summed E-state index contributed by atoms with van der Waals surface area (Å²) in [7, 11) is 0. The Morgan fingerprint density at radius 2 is 1.84 bits per heavy atom. The second-order valence-electron chi connectivity index (χ2n) is 5.68. The van der Waals surface area contributed by atoms with E-state index in [4.69, 9.17) is 9.84 Å². The third-order valence-electron chi connectivity index (χ3n) is 3.94. The molecule has 0 spiro atoms. The van der Waals surface area contributed by atoms with Crippen LogP contribution < -0.4 is 5.32 Å². The van der Waals surface area contributed by atoms with Gasteiger partial charge in [0.25, 0.3) is 0 Å². The van der Waals surface area contributed by atoms with Crippen molar-refractivity contribution in [3.8, 4) is 0 Å². The number of carboxylic acids is 1. The quantitative estimate of drug-likeness (QED) is 0.772. The normalized spacial score (nSPS) is 26.5. The second-order valence-corrected chi connectivity index (χ2v) is 5.68. The van der Waals surface area contributed by atoms with E-state index in [9.17, 15) is 9.59 Å². The van der Waals surface area contributed by atoms with Crippen molar-refractivity contribution in [2.24, 2.45) is 11.8 Å². The van der Waals surface area contributed by atoms with Gasteiger partial charge in [-0.3, -0.25) is 9.59 Å². The van der Waals surface area contributed by atoms with Crippen LogP contribution in [0, 0.1) is 11.8 Å². The fourth-order valence-corrected chi connectivity index (χ4v) is 2.22. The van der Waals surface area contributed by atoms with E-state index in [0.717, 1.165) is 31.6 Å². The number of carboxylic acid groups (broad SMARTS) is 1. The first-order chi connectivity index (χ1) is 8.90. The average Bonchev–Trinajstić information content (AvgIpc) is 2.37. The summed E-state index contributed by atoms with van der Waals surface area (Å²) in [6.45, 7) is 5.53. The highest BCUT2D eigenvalue weighted by Crippen LogP contribution is 2.25. The Hall–Kier alpha value is -1.10. The van der Waals surface area contributed by atoms with Crippen LogP contribution in [0.25, 0.3) is 0 Å². The smallest absolute Gasteiger partial charge is 0.308 e. The number of ether oxygens (including phenoxy) is 1. The lowest BCUT2D eigenvalue weighted by Gasteiger charge is -2.26. The summed E-state index contributed by atoms with van der Waals surface area (Å²) in [4.78, 5) is 22.4. The van der Waals surface area contributed by atoms with Gasteiger partial charge >= 0.3 is 5.97 Å². The van der Waals surface area contributed by atoms with Crippen molar-refractivity contribution in [2.75, 3.05) is 6.61 Å².